The fourth-order valence-corrected chi connectivity index (χ4v) is 2.74. The highest BCUT2D eigenvalue weighted by Crippen LogP contribution is 2.18. The smallest absolute Gasteiger partial charge is 0.333 e. The number of nitrogens with zero attached hydrogens (tertiary/aromatic N) is 2. The van der Waals surface area contributed by atoms with Crippen molar-refractivity contribution in [2.75, 3.05) is 6.61 Å². The van der Waals surface area contributed by atoms with Gasteiger partial charge in [0.05, 0.1) is 18.7 Å². The second-order valence-corrected chi connectivity index (χ2v) is 8.49. The van der Waals surface area contributed by atoms with Crippen LogP contribution in [0.15, 0.2) is 29.4 Å². The Morgan fingerprint density at radius 3 is 2.29 bits per heavy atom. The first kappa shape index (κ1) is 24.0. The molecule has 9 nitrogen and oxygen atoms in total. The van der Waals surface area contributed by atoms with Crippen LogP contribution in [0.5, 0.6) is 5.75 Å². The number of carbonyl (C=O) groups excluding carboxylic acids is 4. The van der Waals surface area contributed by atoms with Crippen LogP contribution in [-0.4, -0.2) is 41.1 Å². The Balaban J connectivity index is 1.72. The molecule has 0 atom stereocenters. The topological polar surface area (TPSA) is 114 Å². The van der Waals surface area contributed by atoms with Crippen LogP contribution >= 0.6 is 0 Å². The summed E-state index contributed by atoms with van der Waals surface area (Å²) in [6.45, 7) is 8.03. The summed E-state index contributed by atoms with van der Waals surface area (Å²) >= 11 is 0. The zero-order chi connectivity index (χ0) is 23.0. The fraction of sp³-hybridized carbons (Fsp3) is 0.500. The lowest BCUT2D eigenvalue weighted by molar-refractivity contribution is -0.197. The van der Waals surface area contributed by atoms with Crippen LogP contribution in [0.4, 0.5) is 0 Å². The normalized spacial score (nSPS) is 14.6. The third kappa shape index (κ3) is 8.19. The quantitative estimate of drug-likeness (QED) is 0.278. The van der Waals surface area contributed by atoms with Gasteiger partial charge in [-0.05, 0) is 48.6 Å². The Hall–Kier alpha value is -3.23. The van der Waals surface area contributed by atoms with Crippen LogP contribution in [0.3, 0.4) is 0 Å². The number of carbonyl (C=O) groups is 4. The van der Waals surface area contributed by atoms with Gasteiger partial charge in [-0.2, -0.15) is 5.10 Å². The highest BCUT2D eigenvalue weighted by molar-refractivity contribution is 6.01. The number of hydrogen-bond donors (Lipinski definition) is 1. The molecule has 1 aliphatic rings. The van der Waals surface area contributed by atoms with Gasteiger partial charge in [0.25, 0.3) is 11.8 Å². The minimum atomic E-state index is -0.650. The summed E-state index contributed by atoms with van der Waals surface area (Å²) in [6, 6.07) is 7.18. The van der Waals surface area contributed by atoms with E-state index in [1.54, 1.807) is 19.1 Å². The van der Waals surface area contributed by atoms with Gasteiger partial charge in [0.1, 0.15) is 5.75 Å². The van der Waals surface area contributed by atoms with Crippen LogP contribution in [0.1, 0.15) is 65.4 Å². The van der Waals surface area contributed by atoms with Gasteiger partial charge in [-0.1, -0.05) is 20.8 Å². The van der Waals surface area contributed by atoms with Crippen molar-refractivity contribution in [3.05, 3.63) is 29.8 Å². The number of ether oxygens (including phenoxy) is 1. The molecule has 3 amide bonds. The SMILES string of the molecule is C/C(=N\NC(=O)CC(C)(C)C)c1ccc(OCCCC(=O)ON2C(=O)CCC2=O)cc1. The summed E-state index contributed by atoms with van der Waals surface area (Å²) in [4.78, 5) is 51.2. The first-order valence-corrected chi connectivity index (χ1v) is 10.2. The van der Waals surface area contributed by atoms with Gasteiger partial charge in [0.2, 0.25) is 5.91 Å². The second-order valence-electron chi connectivity index (χ2n) is 8.49. The van der Waals surface area contributed by atoms with Gasteiger partial charge in [0.15, 0.2) is 0 Å². The molecule has 1 aliphatic heterocycles. The number of hydrogen-bond acceptors (Lipinski definition) is 7. The molecule has 0 radical (unpaired) electrons. The van der Waals surface area contributed by atoms with Crippen molar-refractivity contribution in [2.45, 2.75) is 59.8 Å². The first-order chi connectivity index (χ1) is 14.5. The number of rotatable bonds is 9. The minimum Gasteiger partial charge on any atom is -0.494 e. The number of nitrogens with one attached hydrogen (secondary N) is 1. The Bertz CT molecular complexity index is 839. The number of benzene rings is 1. The predicted molar refractivity (Wildman–Crippen MR) is 113 cm³/mol. The molecular weight excluding hydrogens is 402 g/mol. The Kier molecular flexibility index (Phi) is 8.30. The molecule has 1 heterocycles. The molecule has 31 heavy (non-hydrogen) atoms. The van der Waals surface area contributed by atoms with Crippen molar-refractivity contribution in [1.82, 2.24) is 10.5 Å². The largest absolute Gasteiger partial charge is 0.494 e. The molecule has 1 aromatic carbocycles. The van der Waals surface area contributed by atoms with Gasteiger partial charge >= 0.3 is 5.97 Å². The Labute approximate surface area is 181 Å². The van der Waals surface area contributed by atoms with Crippen LogP contribution in [0.25, 0.3) is 0 Å². The van der Waals surface area contributed by atoms with Gasteiger partial charge in [-0.3, -0.25) is 14.4 Å². The fourth-order valence-electron chi connectivity index (χ4n) is 2.74. The summed E-state index contributed by atoms with van der Waals surface area (Å²) < 4.78 is 5.59. The van der Waals surface area contributed by atoms with E-state index in [0.29, 0.717) is 29.4 Å². The molecule has 1 N–H and O–H groups in total. The van der Waals surface area contributed by atoms with E-state index in [9.17, 15) is 19.2 Å². The van der Waals surface area contributed by atoms with Crippen LogP contribution in [-0.2, 0) is 24.0 Å². The molecule has 0 aliphatic carbocycles. The first-order valence-electron chi connectivity index (χ1n) is 10.2. The van der Waals surface area contributed by atoms with E-state index >= 15 is 0 Å². The summed E-state index contributed by atoms with van der Waals surface area (Å²) in [5.74, 6) is -1.16. The van der Waals surface area contributed by atoms with Gasteiger partial charge in [0, 0.05) is 19.3 Å². The molecule has 1 fully saturated rings. The van der Waals surface area contributed by atoms with Gasteiger partial charge < -0.3 is 9.57 Å². The Morgan fingerprint density at radius 2 is 1.71 bits per heavy atom. The van der Waals surface area contributed by atoms with E-state index in [4.69, 9.17) is 9.57 Å². The molecule has 9 heteroatoms. The van der Waals surface area contributed by atoms with Crippen LogP contribution < -0.4 is 10.2 Å². The average Bonchev–Trinajstić information content (AvgIpc) is 3.00. The van der Waals surface area contributed by atoms with E-state index in [1.807, 2.05) is 32.9 Å². The maximum Gasteiger partial charge on any atom is 0.333 e. The zero-order valence-corrected chi connectivity index (χ0v) is 18.4. The van der Waals surface area contributed by atoms with Gasteiger partial charge in [-0.15, -0.1) is 5.06 Å². The number of amides is 3. The summed E-state index contributed by atoms with van der Waals surface area (Å²) in [6.07, 6.45) is 0.915. The van der Waals surface area contributed by atoms with Crippen molar-refractivity contribution in [3.63, 3.8) is 0 Å². The van der Waals surface area contributed by atoms with E-state index in [2.05, 4.69) is 10.5 Å². The lowest BCUT2D eigenvalue weighted by atomic mass is 9.92. The van der Waals surface area contributed by atoms with Crippen molar-refractivity contribution in [1.29, 1.82) is 0 Å². The van der Waals surface area contributed by atoms with Crippen molar-refractivity contribution in [2.24, 2.45) is 10.5 Å². The Morgan fingerprint density at radius 1 is 1.10 bits per heavy atom. The lowest BCUT2D eigenvalue weighted by Gasteiger charge is -2.16. The standard InChI is InChI=1S/C22H29N3O6/c1-15(23-24-18(26)14-22(2,3)4)16-7-9-17(10-8-16)30-13-5-6-21(29)31-25-19(27)11-12-20(25)28/h7-10H,5-6,11-14H2,1-4H3,(H,24,26)/b23-15+. The third-order valence-electron chi connectivity index (χ3n) is 4.30. The maximum absolute atomic E-state index is 11.9. The predicted octanol–water partition coefficient (Wildman–Crippen LogP) is 2.73. The van der Waals surface area contributed by atoms with E-state index < -0.39 is 17.8 Å². The molecule has 0 saturated carbocycles. The molecule has 2 rings (SSSR count). The summed E-state index contributed by atoms with van der Waals surface area (Å²) in [5.41, 5.74) is 3.97. The summed E-state index contributed by atoms with van der Waals surface area (Å²) in [5, 5.41) is 4.67. The van der Waals surface area contributed by atoms with Crippen LogP contribution in [0, 0.1) is 5.41 Å². The molecule has 1 aromatic rings. The molecule has 168 valence electrons. The minimum absolute atomic E-state index is 0.0230. The van der Waals surface area contributed by atoms with Crippen molar-refractivity contribution >= 4 is 29.4 Å². The maximum atomic E-state index is 11.9. The number of imide groups is 1. The third-order valence-corrected chi connectivity index (χ3v) is 4.30. The number of hydroxylamine groups is 2. The van der Waals surface area contributed by atoms with Crippen molar-refractivity contribution in [3.8, 4) is 5.75 Å². The molecule has 1 saturated heterocycles. The molecule has 0 aromatic heterocycles. The highest BCUT2D eigenvalue weighted by Gasteiger charge is 2.32. The monoisotopic (exact) mass is 431 g/mol. The molecular formula is C22H29N3O6. The van der Waals surface area contributed by atoms with Gasteiger partial charge in [-0.25, -0.2) is 10.2 Å². The van der Waals surface area contributed by atoms with Crippen molar-refractivity contribution < 1.29 is 28.8 Å². The summed E-state index contributed by atoms with van der Waals surface area (Å²) in [7, 11) is 0. The van der Waals surface area contributed by atoms with E-state index in [1.165, 1.54) is 0 Å². The highest BCUT2D eigenvalue weighted by atomic mass is 16.7. The lowest BCUT2D eigenvalue weighted by Crippen LogP contribution is -2.32. The molecule has 0 spiro atoms. The van der Waals surface area contributed by atoms with E-state index in [0.717, 1.165) is 5.56 Å². The molecule has 0 bridgehead atoms. The van der Waals surface area contributed by atoms with Crippen LogP contribution in [0.2, 0.25) is 0 Å². The second kappa shape index (κ2) is 10.7. The zero-order valence-electron chi connectivity index (χ0n) is 18.4. The molecule has 0 unspecified atom stereocenters. The average molecular weight is 431 g/mol. The number of hydrazone groups is 1. The van der Waals surface area contributed by atoms with E-state index in [-0.39, 0.29) is 37.2 Å².